The Morgan fingerprint density at radius 3 is 2.28 bits per heavy atom. The Hall–Kier alpha value is -1.76. The van der Waals surface area contributed by atoms with Crippen molar-refractivity contribution in [1.29, 1.82) is 0 Å². The first-order chi connectivity index (χ1) is 8.12. The Balaban J connectivity index is 0.000000631. The lowest BCUT2D eigenvalue weighted by molar-refractivity contribution is -0.137. The summed E-state index contributed by atoms with van der Waals surface area (Å²) < 4.78 is 36.8. The van der Waals surface area contributed by atoms with E-state index in [0.29, 0.717) is 12.0 Å². The van der Waals surface area contributed by atoms with E-state index >= 15 is 0 Å². The number of nitrogens with two attached hydrogens (primary N) is 1. The van der Waals surface area contributed by atoms with Gasteiger partial charge in [-0.15, -0.1) is 0 Å². The molecule has 7 heteroatoms. The zero-order valence-corrected chi connectivity index (χ0v) is 9.61. The lowest BCUT2D eigenvalue weighted by Gasteiger charge is -2.09. The summed E-state index contributed by atoms with van der Waals surface area (Å²) >= 11 is 0. The van der Waals surface area contributed by atoms with Gasteiger partial charge in [-0.1, -0.05) is 18.2 Å². The van der Waals surface area contributed by atoms with Crippen molar-refractivity contribution in [1.82, 2.24) is 0 Å². The van der Waals surface area contributed by atoms with Gasteiger partial charge in [0.25, 0.3) is 0 Å². The van der Waals surface area contributed by atoms with Gasteiger partial charge in [-0.2, -0.15) is 13.2 Å². The predicted octanol–water partition coefficient (Wildman–Crippen LogP) is 2.82. The average molecular weight is 265 g/mol. The number of rotatable bonds is 2. The minimum absolute atomic E-state index is 0.126. The minimum atomic E-state index is -4.27. The highest BCUT2D eigenvalue weighted by Crippen LogP contribution is 2.29. The molecule has 0 aliphatic heterocycles. The van der Waals surface area contributed by atoms with Crippen molar-refractivity contribution in [3.63, 3.8) is 0 Å². The number of hydrogen-bond acceptors (Lipinski definition) is 2. The van der Waals surface area contributed by atoms with Crippen molar-refractivity contribution in [2.24, 2.45) is 5.73 Å². The van der Waals surface area contributed by atoms with Crippen LogP contribution in [0.3, 0.4) is 0 Å². The Morgan fingerprint density at radius 2 is 1.89 bits per heavy atom. The van der Waals surface area contributed by atoms with Gasteiger partial charge in [0.1, 0.15) is 0 Å². The van der Waals surface area contributed by atoms with E-state index in [-0.39, 0.29) is 6.04 Å². The number of carbonyl (C=O) groups is 1. The fraction of sp³-hybridized carbons (Fsp3) is 0.364. The van der Waals surface area contributed by atoms with Gasteiger partial charge in [0.2, 0.25) is 0 Å². The van der Waals surface area contributed by atoms with Crippen molar-refractivity contribution in [3.05, 3.63) is 35.4 Å². The molecule has 4 nitrogen and oxygen atoms in total. The molecule has 0 amide bonds. The number of carboxylic acid groups (broad SMARTS) is 2. The maximum Gasteiger partial charge on any atom is 0.503 e. The Bertz CT molecular complexity index is 387. The molecule has 0 saturated heterocycles. The molecule has 18 heavy (non-hydrogen) atoms. The standard InChI is InChI=1S/C10H12F3N.CH2O3/c1-7(14)5-8-3-2-4-9(6-8)10(11,12)13;2-1(3)4/h2-4,6-7H,5,14H2,1H3;(H2,2,3,4)/t7-;/m1./s1. The van der Waals surface area contributed by atoms with Gasteiger partial charge in [0.15, 0.2) is 0 Å². The predicted molar refractivity (Wildman–Crippen MR) is 59.5 cm³/mol. The van der Waals surface area contributed by atoms with E-state index in [9.17, 15) is 13.2 Å². The summed E-state index contributed by atoms with van der Waals surface area (Å²) in [6.07, 6.45) is -5.64. The van der Waals surface area contributed by atoms with Crippen molar-refractivity contribution < 1.29 is 28.2 Å². The first-order valence-corrected chi connectivity index (χ1v) is 4.96. The number of alkyl halides is 3. The van der Waals surface area contributed by atoms with E-state index < -0.39 is 17.9 Å². The van der Waals surface area contributed by atoms with Gasteiger partial charge >= 0.3 is 12.3 Å². The van der Waals surface area contributed by atoms with E-state index in [1.807, 2.05) is 0 Å². The molecule has 0 bridgehead atoms. The third kappa shape index (κ3) is 7.50. The molecule has 0 spiro atoms. The highest BCUT2D eigenvalue weighted by atomic mass is 19.4. The molecule has 0 aromatic heterocycles. The molecule has 0 heterocycles. The van der Waals surface area contributed by atoms with E-state index in [0.717, 1.165) is 12.1 Å². The van der Waals surface area contributed by atoms with Crippen LogP contribution in [0.2, 0.25) is 0 Å². The monoisotopic (exact) mass is 265 g/mol. The van der Waals surface area contributed by atoms with Gasteiger partial charge in [-0.25, -0.2) is 4.79 Å². The molecule has 0 aliphatic rings. The van der Waals surface area contributed by atoms with Gasteiger partial charge in [-0.3, -0.25) is 0 Å². The van der Waals surface area contributed by atoms with Crippen molar-refractivity contribution in [2.45, 2.75) is 25.6 Å². The first-order valence-electron chi connectivity index (χ1n) is 4.96. The summed E-state index contributed by atoms with van der Waals surface area (Å²) in [7, 11) is 0. The summed E-state index contributed by atoms with van der Waals surface area (Å²) in [5, 5.41) is 13.9. The van der Waals surface area contributed by atoms with Crippen LogP contribution in [0.5, 0.6) is 0 Å². The second-order valence-electron chi connectivity index (χ2n) is 3.66. The van der Waals surface area contributed by atoms with Crippen molar-refractivity contribution in [3.8, 4) is 0 Å². The SMILES string of the molecule is C[C@@H](N)Cc1cccc(C(F)(F)F)c1.O=C(O)O. The van der Waals surface area contributed by atoms with Crippen LogP contribution in [0.15, 0.2) is 24.3 Å². The van der Waals surface area contributed by atoms with Crippen LogP contribution < -0.4 is 5.73 Å². The fourth-order valence-electron chi connectivity index (χ4n) is 1.25. The molecule has 1 aromatic carbocycles. The zero-order valence-electron chi connectivity index (χ0n) is 9.61. The largest absolute Gasteiger partial charge is 0.503 e. The average Bonchev–Trinajstić information content (AvgIpc) is 2.14. The van der Waals surface area contributed by atoms with Crippen molar-refractivity contribution >= 4 is 6.16 Å². The van der Waals surface area contributed by atoms with Gasteiger partial charge < -0.3 is 15.9 Å². The van der Waals surface area contributed by atoms with Gasteiger partial charge in [0, 0.05) is 6.04 Å². The maximum absolute atomic E-state index is 12.3. The molecule has 0 radical (unpaired) electrons. The third-order valence-electron chi connectivity index (χ3n) is 1.81. The number of benzene rings is 1. The summed E-state index contributed by atoms with van der Waals surface area (Å²) in [6, 6.07) is 5.13. The molecular formula is C11H14F3NO3. The molecule has 0 fully saturated rings. The highest BCUT2D eigenvalue weighted by Gasteiger charge is 2.30. The summed E-state index contributed by atoms with van der Waals surface area (Å²) in [4.78, 5) is 8.56. The highest BCUT2D eigenvalue weighted by molar-refractivity contribution is 5.53. The molecule has 1 atom stereocenters. The van der Waals surface area contributed by atoms with E-state index in [1.165, 1.54) is 6.07 Å². The third-order valence-corrected chi connectivity index (χ3v) is 1.81. The first kappa shape index (κ1) is 16.2. The molecular weight excluding hydrogens is 251 g/mol. The molecule has 102 valence electrons. The molecule has 0 aliphatic carbocycles. The topological polar surface area (TPSA) is 83.6 Å². The Morgan fingerprint density at radius 1 is 1.39 bits per heavy atom. The van der Waals surface area contributed by atoms with Crippen LogP contribution in [-0.4, -0.2) is 22.4 Å². The summed E-state index contributed by atoms with van der Waals surface area (Å²) in [5.41, 5.74) is 5.51. The smallest absolute Gasteiger partial charge is 0.450 e. The molecule has 1 rings (SSSR count). The van der Waals surface area contributed by atoms with E-state index in [4.69, 9.17) is 20.7 Å². The van der Waals surface area contributed by atoms with Gasteiger partial charge in [-0.05, 0) is 25.0 Å². The van der Waals surface area contributed by atoms with Crippen LogP contribution in [-0.2, 0) is 12.6 Å². The van der Waals surface area contributed by atoms with E-state index in [1.54, 1.807) is 13.0 Å². The van der Waals surface area contributed by atoms with Crippen molar-refractivity contribution in [2.75, 3.05) is 0 Å². The van der Waals surface area contributed by atoms with Crippen LogP contribution in [0.1, 0.15) is 18.1 Å². The second-order valence-corrected chi connectivity index (χ2v) is 3.66. The van der Waals surface area contributed by atoms with Crippen LogP contribution in [0.25, 0.3) is 0 Å². The minimum Gasteiger partial charge on any atom is -0.450 e. The molecule has 4 N–H and O–H groups in total. The van der Waals surface area contributed by atoms with Crippen LogP contribution >= 0.6 is 0 Å². The number of hydrogen-bond donors (Lipinski definition) is 3. The number of halogens is 3. The lowest BCUT2D eigenvalue weighted by atomic mass is 10.0. The zero-order chi connectivity index (χ0) is 14.3. The second kappa shape index (κ2) is 6.85. The molecule has 1 aromatic rings. The summed E-state index contributed by atoms with van der Waals surface area (Å²) in [5.74, 6) is 0. The van der Waals surface area contributed by atoms with E-state index in [2.05, 4.69) is 0 Å². The lowest BCUT2D eigenvalue weighted by Crippen LogP contribution is -2.18. The molecule has 0 saturated carbocycles. The quantitative estimate of drug-likeness (QED) is 0.767. The Labute approximate surface area is 102 Å². The maximum atomic E-state index is 12.3. The summed E-state index contributed by atoms with van der Waals surface area (Å²) in [6.45, 7) is 1.76. The molecule has 0 unspecified atom stereocenters. The fourth-order valence-corrected chi connectivity index (χ4v) is 1.25. The normalized spacial score (nSPS) is 12.3. The van der Waals surface area contributed by atoms with Crippen LogP contribution in [0, 0.1) is 0 Å². The Kier molecular flexibility index (Phi) is 6.18. The van der Waals surface area contributed by atoms with Gasteiger partial charge in [0.05, 0.1) is 5.56 Å². The van der Waals surface area contributed by atoms with Crippen LogP contribution in [0.4, 0.5) is 18.0 Å².